The van der Waals surface area contributed by atoms with Crippen LogP contribution >= 0.6 is 31.9 Å². The van der Waals surface area contributed by atoms with Crippen LogP contribution in [0, 0.1) is 13.8 Å². The predicted octanol–water partition coefficient (Wildman–Crippen LogP) is 5.38. The Bertz CT molecular complexity index is 1460. The van der Waals surface area contributed by atoms with E-state index in [9.17, 15) is 13.2 Å². The van der Waals surface area contributed by atoms with E-state index in [4.69, 9.17) is 9.88 Å². The number of halogens is 2. The highest BCUT2D eigenvalue weighted by Crippen LogP contribution is 2.51. The van der Waals surface area contributed by atoms with Gasteiger partial charge in [0.1, 0.15) is 5.75 Å². The molecule has 3 N–H and O–H groups in total. The minimum Gasteiger partial charge on any atom is -0.463 e. The Labute approximate surface area is 221 Å². The Morgan fingerprint density at radius 2 is 1.80 bits per heavy atom. The topological polar surface area (TPSA) is 102 Å². The molecule has 0 aliphatic carbocycles. The molecule has 35 heavy (non-hydrogen) atoms. The molecule has 2 atom stereocenters. The van der Waals surface area contributed by atoms with Gasteiger partial charge in [-0.05, 0) is 60.9 Å². The average molecular weight is 621 g/mol. The summed E-state index contributed by atoms with van der Waals surface area (Å²) < 4.78 is 32.0. The van der Waals surface area contributed by atoms with Crippen molar-refractivity contribution in [3.63, 3.8) is 0 Å². The number of nitrogens with one attached hydrogen (secondary N) is 1. The number of carbonyl (C=O) groups is 1. The Balaban J connectivity index is 1.64. The minimum atomic E-state index is -3.81. The smallest absolute Gasteiger partial charge is 0.321 e. The second kappa shape index (κ2) is 8.62. The number of sulfonamides is 1. The molecule has 2 amide bonds. The zero-order valence-electron chi connectivity index (χ0n) is 19.0. The maximum Gasteiger partial charge on any atom is 0.321 e. The van der Waals surface area contributed by atoms with Crippen molar-refractivity contribution in [1.82, 2.24) is 10.2 Å². The minimum absolute atomic E-state index is 0.0191. The van der Waals surface area contributed by atoms with Gasteiger partial charge in [0.25, 0.3) is 0 Å². The molecule has 2 bridgehead atoms. The van der Waals surface area contributed by atoms with Gasteiger partial charge >= 0.3 is 6.03 Å². The molecule has 2 aliphatic rings. The van der Waals surface area contributed by atoms with E-state index < -0.39 is 15.7 Å². The third-order valence-electron chi connectivity index (χ3n) is 6.59. The van der Waals surface area contributed by atoms with Crippen molar-refractivity contribution in [2.75, 3.05) is 0 Å². The first-order valence-electron chi connectivity index (χ1n) is 10.9. The number of benzene rings is 3. The fourth-order valence-electron chi connectivity index (χ4n) is 4.77. The molecule has 7 nitrogen and oxygen atoms in total. The second-order valence-corrected chi connectivity index (χ2v) is 12.3. The van der Waals surface area contributed by atoms with Crippen LogP contribution in [0.1, 0.15) is 40.3 Å². The number of rotatable bonds is 4. The number of primary sulfonamides is 1. The van der Waals surface area contributed by atoms with Crippen molar-refractivity contribution in [3.05, 3.63) is 91.4 Å². The molecule has 2 unspecified atom stereocenters. The number of amides is 2. The standard InChI is InChI=1S/C25H23Br2N3O4S/c1-14-3-6-17(10-21(14)27)25-12-22(20-11-18(26)9-15(2)23(20)34-25)29-24(31)30(25)13-16-4-7-19(8-5-16)35(28,32)33/h3-11,22H,12-13H2,1-2H3,(H,29,31)(H2,28,32,33). The van der Waals surface area contributed by atoms with Gasteiger partial charge in [0.15, 0.2) is 0 Å². The molecular formula is C25H23Br2N3O4S. The Morgan fingerprint density at radius 3 is 2.46 bits per heavy atom. The lowest BCUT2D eigenvalue weighted by Gasteiger charge is -2.53. The lowest BCUT2D eigenvalue weighted by Crippen LogP contribution is -2.63. The molecule has 0 aromatic heterocycles. The lowest BCUT2D eigenvalue weighted by atomic mass is 9.84. The highest BCUT2D eigenvalue weighted by Gasteiger charge is 2.53. The van der Waals surface area contributed by atoms with Crippen LogP contribution in [0.15, 0.2) is 68.4 Å². The SMILES string of the molecule is Cc1ccc(C23CC(NC(=O)N2Cc2ccc(S(N)(=O)=O)cc2)c2cc(Br)cc(C)c2O3)cc1Br. The summed E-state index contributed by atoms with van der Waals surface area (Å²) in [6, 6.07) is 15.7. The molecule has 3 aromatic carbocycles. The number of nitrogens with zero attached hydrogens (tertiary/aromatic N) is 1. The van der Waals surface area contributed by atoms with Gasteiger partial charge in [-0.15, -0.1) is 0 Å². The van der Waals surface area contributed by atoms with Crippen LogP contribution in [0.3, 0.4) is 0 Å². The predicted molar refractivity (Wildman–Crippen MR) is 139 cm³/mol. The molecule has 5 rings (SSSR count). The Hall–Kier alpha value is -2.40. The van der Waals surface area contributed by atoms with Crippen molar-refractivity contribution in [3.8, 4) is 5.75 Å². The first-order chi connectivity index (χ1) is 16.5. The molecule has 3 aromatic rings. The van der Waals surface area contributed by atoms with Crippen molar-refractivity contribution in [2.24, 2.45) is 5.14 Å². The first kappa shape index (κ1) is 24.3. The Kier molecular flexibility index (Phi) is 5.98. The van der Waals surface area contributed by atoms with Gasteiger partial charge in [-0.25, -0.2) is 18.4 Å². The van der Waals surface area contributed by atoms with Crippen molar-refractivity contribution in [1.29, 1.82) is 0 Å². The van der Waals surface area contributed by atoms with E-state index in [-0.39, 0.29) is 23.5 Å². The van der Waals surface area contributed by atoms with Gasteiger partial charge in [-0.1, -0.05) is 56.1 Å². The fraction of sp³-hybridized carbons (Fsp3) is 0.240. The van der Waals surface area contributed by atoms with E-state index in [0.29, 0.717) is 6.42 Å². The lowest BCUT2D eigenvalue weighted by molar-refractivity contribution is -0.110. The van der Waals surface area contributed by atoms with Gasteiger partial charge in [0.05, 0.1) is 17.5 Å². The van der Waals surface area contributed by atoms with Crippen LogP contribution in [0.25, 0.3) is 0 Å². The quantitative estimate of drug-likeness (QED) is 0.409. The summed E-state index contributed by atoms with van der Waals surface area (Å²) in [5.74, 6) is 0.746. The van der Waals surface area contributed by atoms with Crippen molar-refractivity contribution < 1.29 is 17.9 Å². The molecule has 10 heteroatoms. The van der Waals surface area contributed by atoms with E-state index >= 15 is 0 Å². The third kappa shape index (κ3) is 4.26. The zero-order valence-corrected chi connectivity index (χ0v) is 23.0. The van der Waals surface area contributed by atoms with Crippen molar-refractivity contribution >= 4 is 47.9 Å². The normalized spacial score (nSPS) is 21.2. The van der Waals surface area contributed by atoms with E-state index in [1.807, 2.05) is 44.2 Å². The summed E-state index contributed by atoms with van der Waals surface area (Å²) in [4.78, 5) is 15.2. The summed E-state index contributed by atoms with van der Waals surface area (Å²) >= 11 is 7.19. The van der Waals surface area contributed by atoms with Gasteiger partial charge in [0, 0.05) is 26.5 Å². The number of ether oxygens (including phenoxy) is 1. The molecule has 0 radical (unpaired) electrons. The summed E-state index contributed by atoms with van der Waals surface area (Å²) in [5.41, 5.74) is 3.51. The van der Waals surface area contributed by atoms with Gasteiger partial charge < -0.3 is 10.1 Å². The van der Waals surface area contributed by atoms with Crippen molar-refractivity contribution in [2.45, 2.75) is 43.5 Å². The Morgan fingerprint density at radius 1 is 1.09 bits per heavy atom. The van der Waals surface area contributed by atoms with E-state index in [1.165, 1.54) is 12.1 Å². The molecule has 182 valence electrons. The van der Waals surface area contributed by atoms with E-state index in [2.05, 4.69) is 37.2 Å². The largest absolute Gasteiger partial charge is 0.463 e. The number of hydrogen-bond donors (Lipinski definition) is 2. The number of urea groups is 1. The zero-order chi connectivity index (χ0) is 25.1. The monoisotopic (exact) mass is 619 g/mol. The van der Waals surface area contributed by atoms with Crippen LogP contribution < -0.4 is 15.2 Å². The van der Waals surface area contributed by atoms with E-state index in [1.54, 1.807) is 17.0 Å². The summed E-state index contributed by atoms with van der Waals surface area (Å²) in [6.45, 7) is 4.20. The van der Waals surface area contributed by atoms with Crippen LogP contribution in [0.2, 0.25) is 0 Å². The number of nitrogens with two attached hydrogens (primary N) is 1. The van der Waals surface area contributed by atoms with Crippen LogP contribution in [-0.2, 0) is 22.3 Å². The molecule has 1 fully saturated rings. The first-order valence-corrected chi connectivity index (χ1v) is 14.1. The van der Waals surface area contributed by atoms with Gasteiger partial charge in [-0.3, -0.25) is 4.90 Å². The maximum absolute atomic E-state index is 13.5. The van der Waals surface area contributed by atoms with Crippen LogP contribution in [0.4, 0.5) is 4.79 Å². The maximum atomic E-state index is 13.5. The fourth-order valence-corrected chi connectivity index (χ4v) is 6.26. The number of hydrogen-bond acceptors (Lipinski definition) is 4. The molecule has 0 saturated carbocycles. The molecule has 2 heterocycles. The summed E-state index contributed by atoms with van der Waals surface area (Å²) in [6.07, 6.45) is 0.506. The van der Waals surface area contributed by atoms with Gasteiger partial charge in [-0.2, -0.15) is 0 Å². The number of aryl methyl sites for hydroxylation is 2. The molecular weight excluding hydrogens is 598 g/mol. The van der Waals surface area contributed by atoms with Crippen LogP contribution in [0.5, 0.6) is 5.75 Å². The summed E-state index contributed by atoms with van der Waals surface area (Å²) in [5, 5.41) is 8.39. The highest BCUT2D eigenvalue weighted by atomic mass is 79.9. The third-order valence-corrected chi connectivity index (χ3v) is 8.83. The second-order valence-electron chi connectivity index (χ2n) is 8.97. The number of carbonyl (C=O) groups excluding carboxylic acids is 1. The average Bonchev–Trinajstić information content (AvgIpc) is 2.79. The molecule has 0 spiro atoms. The van der Waals surface area contributed by atoms with E-state index in [0.717, 1.165) is 42.5 Å². The van der Waals surface area contributed by atoms with Crippen LogP contribution in [-0.4, -0.2) is 19.3 Å². The number of fused-ring (bicyclic) bond motifs is 4. The van der Waals surface area contributed by atoms with Gasteiger partial charge in [0.2, 0.25) is 15.7 Å². The highest BCUT2D eigenvalue weighted by molar-refractivity contribution is 9.10. The molecule has 2 aliphatic heterocycles. The summed E-state index contributed by atoms with van der Waals surface area (Å²) in [7, 11) is -3.81. The molecule has 1 saturated heterocycles.